The molecule has 8 nitrogen and oxygen atoms in total. The minimum atomic E-state index is -0.481. The van der Waals surface area contributed by atoms with Gasteiger partial charge in [-0.1, -0.05) is 0 Å². The lowest BCUT2D eigenvalue weighted by Gasteiger charge is -2.62. The predicted octanol–water partition coefficient (Wildman–Crippen LogP) is 3.00. The van der Waals surface area contributed by atoms with Crippen LogP contribution < -0.4 is 16.0 Å². The van der Waals surface area contributed by atoms with E-state index < -0.39 is 5.60 Å². The lowest BCUT2D eigenvalue weighted by molar-refractivity contribution is -0.0223. The van der Waals surface area contributed by atoms with E-state index in [-0.39, 0.29) is 11.6 Å². The van der Waals surface area contributed by atoms with Crippen LogP contribution in [0.5, 0.6) is 0 Å². The van der Waals surface area contributed by atoms with E-state index in [1.165, 1.54) is 0 Å². The molecule has 0 radical (unpaired) electrons. The Morgan fingerprint density at radius 2 is 1.93 bits per heavy atom. The van der Waals surface area contributed by atoms with Gasteiger partial charge < -0.3 is 25.6 Å². The van der Waals surface area contributed by atoms with Gasteiger partial charge in [0.1, 0.15) is 11.4 Å². The molecule has 0 atom stereocenters. The van der Waals surface area contributed by atoms with Gasteiger partial charge in [-0.25, -0.2) is 9.78 Å². The van der Waals surface area contributed by atoms with Crippen LogP contribution in [0.4, 0.5) is 27.8 Å². The molecule has 3 N–H and O–H groups in total. The quantitative estimate of drug-likeness (QED) is 0.842. The van der Waals surface area contributed by atoms with Crippen molar-refractivity contribution in [1.82, 2.24) is 14.9 Å². The van der Waals surface area contributed by atoms with Crippen molar-refractivity contribution in [2.24, 2.45) is 0 Å². The molecule has 2 aromatic heterocycles. The molecular formula is C20H26N6O2. The molecule has 2 aliphatic rings. The molecule has 0 aromatic carbocycles. The Hall–Kier alpha value is -3.03. The molecule has 1 spiro atoms. The number of carbonyl (C=O) groups is 1. The molecule has 4 rings (SSSR count). The third-order valence-electron chi connectivity index (χ3n) is 5.13. The molecule has 2 aliphatic heterocycles. The molecule has 148 valence electrons. The lowest BCUT2D eigenvalue weighted by atomic mass is 9.77. The van der Waals surface area contributed by atoms with Gasteiger partial charge in [0.25, 0.3) is 0 Å². The monoisotopic (exact) mass is 382 g/mol. The van der Waals surface area contributed by atoms with E-state index >= 15 is 0 Å². The predicted molar refractivity (Wildman–Crippen MR) is 109 cm³/mol. The lowest BCUT2D eigenvalue weighted by Crippen LogP contribution is -2.78. The Kier molecular flexibility index (Phi) is 4.28. The van der Waals surface area contributed by atoms with Crippen LogP contribution in [-0.4, -0.2) is 51.7 Å². The van der Waals surface area contributed by atoms with E-state index in [9.17, 15) is 4.79 Å². The summed E-state index contributed by atoms with van der Waals surface area (Å²) < 4.78 is 5.47. The van der Waals surface area contributed by atoms with Crippen LogP contribution in [0.3, 0.4) is 0 Å². The molecule has 4 heterocycles. The molecule has 1 amide bonds. The summed E-state index contributed by atoms with van der Waals surface area (Å²) >= 11 is 0. The van der Waals surface area contributed by atoms with Crippen LogP contribution in [0.1, 0.15) is 27.2 Å². The molecule has 2 fully saturated rings. The summed E-state index contributed by atoms with van der Waals surface area (Å²) in [5.74, 6) is 1.48. The van der Waals surface area contributed by atoms with Crippen molar-refractivity contribution in [3.63, 3.8) is 0 Å². The molecule has 8 heteroatoms. The summed E-state index contributed by atoms with van der Waals surface area (Å²) in [6, 6.07) is 7.53. The van der Waals surface area contributed by atoms with Crippen LogP contribution in [0.15, 0.2) is 36.7 Å². The van der Waals surface area contributed by atoms with Crippen LogP contribution in [0.25, 0.3) is 0 Å². The first-order valence-corrected chi connectivity index (χ1v) is 9.45. The van der Waals surface area contributed by atoms with Gasteiger partial charge in [0, 0.05) is 37.7 Å². The van der Waals surface area contributed by atoms with E-state index in [1.54, 1.807) is 17.3 Å². The molecule has 0 unspecified atom stereocenters. The highest BCUT2D eigenvalue weighted by Crippen LogP contribution is 2.43. The van der Waals surface area contributed by atoms with Crippen LogP contribution in [0, 0.1) is 0 Å². The zero-order valence-corrected chi connectivity index (χ0v) is 16.5. The number of nitrogens with one attached hydrogen (secondary N) is 1. The average Bonchev–Trinajstić information content (AvgIpc) is 2.55. The molecule has 0 bridgehead atoms. The van der Waals surface area contributed by atoms with Crippen molar-refractivity contribution in [3.05, 3.63) is 36.7 Å². The van der Waals surface area contributed by atoms with Crippen molar-refractivity contribution in [1.29, 1.82) is 0 Å². The number of ether oxygens (including phenoxy) is 1. The second kappa shape index (κ2) is 6.54. The SMILES string of the molecule is CC(C)(C)OC(=O)N1CC2(CCN2c2ccc(N)c(Nc3ccncc3)n2)C1. The van der Waals surface area contributed by atoms with Gasteiger partial charge >= 0.3 is 6.09 Å². The van der Waals surface area contributed by atoms with Gasteiger partial charge in [0.2, 0.25) is 0 Å². The molecular weight excluding hydrogens is 356 g/mol. The number of amides is 1. The topological polar surface area (TPSA) is 96.6 Å². The number of hydrogen-bond acceptors (Lipinski definition) is 7. The van der Waals surface area contributed by atoms with E-state index in [4.69, 9.17) is 15.5 Å². The number of likely N-dealkylation sites (tertiary alicyclic amines) is 1. The number of anilines is 4. The Morgan fingerprint density at radius 1 is 1.21 bits per heavy atom. The second-order valence-electron chi connectivity index (χ2n) is 8.43. The maximum absolute atomic E-state index is 12.3. The van der Waals surface area contributed by atoms with Crippen molar-refractivity contribution in [2.45, 2.75) is 38.3 Å². The first-order valence-electron chi connectivity index (χ1n) is 9.45. The standard InChI is InChI=1S/C20H26N6O2/c1-19(2,3)28-18(27)25-12-20(13-25)8-11-26(20)16-5-4-15(21)17(24-16)23-14-6-9-22-10-7-14/h4-7,9-10H,8,11-13,21H2,1-3H3,(H,22,23,24). The highest BCUT2D eigenvalue weighted by Gasteiger charge is 2.56. The fourth-order valence-corrected chi connectivity index (χ4v) is 3.63. The normalized spacial score (nSPS) is 17.7. The number of hydrogen-bond donors (Lipinski definition) is 2. The molecule has 28 heavy (non-hydrogen) atoms. The zero-order chi connectivity index (χ0) is 19.9. The van der Waals surface area contributed by atoms with E-state index in [1.807, 2.05) is 45.0 Å². The number of carbonyl (C=O) groups excluding carboxylic acids is 1. The molecule has 2 aromatic rings. The number of rotatable bonds is 3. The first kappa shape index (κ1) is 18.3. The van der Waals surface area contributed by atoms with Crippen molar-refractivity contribution >= 4 is 29.1 Å². The van der Waals surface area contributed by atoms with Gasteiger partial charge in [-0.2, -0.15) is 0 Å². The fraction of sp³-hybridized carbons (Fsp3) is 0.450. The third kappa shape index (κ3) is 3.42. The van der Waals surface area contributed by atoms with Gasteiger partial charge in [-0.05, 0) is 51.5 Å². The highest BCUT2D eigenvalue weighted by molar-refractivity contribution is 5.73. The van der Waals surface area contributed by atoms with Crippen molar-refractivity contribution in [2.75, 3.05) is 35.6 Å². The maximum Gasteiger partial charge on any atom is 0.410 e. The number of nitrogens with two attached hydrogens (primary N) is 1. The summed E-state index contributed by atoms with van der Waals surface area (Å²) in [6.45, 7) is 7.86. The smallest absolute Gasteiger partial charge is 0.410 e. The number of nitrogens with zero attached hydrogens (tertiary/aromatic N) is 4. The minimum Gasteiger partial charge on any atom is -0.444 e. The Morgan fingerprint density at radius 3 is 2.54 bits per heavy atom. The Bertz CT molecular complexity index is 874. The summed E-state index contributed by atoms with van der Waals surface area (Å²) in [5, 5.41) is 3.24. The third-order valence-corrected chi connectivity index (χ3v) is 5.13. The molecule has 0 saturated carbocycles. The first-order chi connectivity index (χ1) is 13.3. The summed E-state index contributed by atoms with van der Waals surface area (Å²) in [7, 11) is 0. The minimum absolute atomic E-state index is 0.0477. The van der Waals surface area contributed by atoms with Gasteiger partial charge in [-0.15, -0.1) is 0 Å². The van der Waals surface area contributed by atoms with Crippen LogP contribution in [0.2, 0.25) is 0 Å². The maximum atomic E-state index is 12.3. The summed E-state index contributed by atoms with van der Waals surface area (Å²) in [6.07, 6.45) is 4.21. The van der Waals surface area contributed by atoms with E-state index in [0.29, 0.717) is 24.6 Å². The fourth-order valence-electron chi connectivity index (χ4n) is 3.63. The van der Waals surface area contributed by atoms with E-state index in [2.05, 4.69) is 15.2 Å². The number of nitrogen functional groups attached to an aromatic ring is 1. The van der Waals surface area contributed by atoms with Crippen molar-refractivity contribution in [3.8, 4) is 0 Å². The van der Waals surface area contributed by atoms with Crippen LogP contribution in [-0.2, 0) is 4.74 Å². The number of aromatic nitrogens is 2. The van der Waals surface area contributed by atoms with Gasteiger partial charge in [0.05, 0.1) is 11.2 Å². The summed E-state index contributed by atoms with van der Waals surface area (Å²) in [4.78, 5) is 25.0. The molecule has 0 aliphatic carbocycles. The average molecular weight is 382 g/mol. The Labute approximate surface area is 164 Å². The highest BCUT2D eigenvalue weighted by atomic mass is 16.6. The number of pyridine rings is 2. The van der Waals surface area contributed by atoms with Crippen LogP contribution >= 0.6 is 0 Å². The summed E-state index contributed by atoms with van der Waals surface area (Å²) in [5.41, 5.74) is 7.04. The zero-order valence-electron chi connectivity index (χ0n) is 16.5. The second-order valence-corrected chi connectivity index (χ2v) is 8.43. The Balaban J connectivity index is 1.45. The van der Waals surface area contributed by atoms with Gasteiger partial charge in [0.15, 0.2) is 5.82 Å². The molecule has 2 saturated heterocycles. The van der Waals surface area contributed by atoms with E-state index in [0.717, 1.165) is 24.5 Å². The largest absolute Gasteiger partial charge is 0.444 e. The van der Waals surface area contributed by atoms with Gasteiger partial charge in [-0.3, -0.25) is 4.98 Å². The van der Waals surface area contributed by atoms with Crippen molar-refractivity contribution < 1.29 is 9.53 Å².